The Kier molecular flexibility index (Phi) is 11.5. The van der Waals surface area contributed by atoms with Crippen molar-refractivity contribution in [2.24, 2.45) is 0 Å². The summed E-state index contributed by atoms with van der Waals surface area (Å²) in [6.45, 7) is 11.2. The van der Waals surface area contributed by atoms with E-state index in [1.165, 1.54) is 0 Å². The van der Waals surface area contributed by atoms with Crippen molar-refractivity contribution in [3.05, 3.63) is 48.0 Å². The Morgan fingerprint density at radius 2 is 1.55 bits per heavy atom. The third-order valence-corrected chi connectivity index (χ3v) is 3.99. The van der Waals surface area contributed by atoms with Crippen LogP contribution in [-0.2, 0) is 25.6 Å². The molecule has 1 rings (SSSR count). The lowest BCUT2D eigenvalue weighted by atomic mass is 10.1. The summed E-state index contributed by atoms with van der Waals surface area (Å²) in [4.78, 5) is 36.4. The van der Waals surface area contributed by atoms with Crippen LogP contribution in [0.4, 0.5) is 9.59 Å². The highest BCUT2D eigenvalue weighted by molar-refractivity contribution is 5.81. The molecule has 0 aliphatic rings. The minimum Gasteiger partial charge on any atom is -0.458 e. The first kappa shape index (κ1) is 28.0. The number of allylic oxidation sites excluding steroid dienone is 1. The highest BCUT2D eigenvalue weighted by Crippen LogP contribution is 2.12. The van der Waals surface area contributed by atoms with Crippen LogP contribution in [0.3, 0.4) is 0 Å². The molecule has 0 aromatic heterocycles. The van der Waals surface area contributed by atoms with E-state index in [1.54, 1.807) is 41.5 Å². The SMILES string of the molecule is CC(C)(C)OC(=O)NC/C=C/CCC[C@H](NC(=O)OCc1ccccc1)C(=O)OC(C)(C)C. The topological polar surface area (TPSA) is 103 Å². The molecule has 0 spiro atoms. The number of unbranched alkanes of at least 4 members (excludes halogenated alkanes) is 1. The van der Waals surface area contributed by atoms with Gasteiger partial charge in [-0.1, -0.05) is 42.5 Å². The Bertz CT molecular complexity index is 778. The van der Waals surface area contributed by atoms with Crippen molar-refractivity contribution in [2.45, 2.75) is 84.7 Å². The summed E-state index contributed by atoms with van der Waals surface area (Å²) < 4.78 is 15.8. The molecule has 0 aliphatic carbocycles. The van der Waals surface area contributed by atoms with Gasteiger partial charge in [0.15, 0.2) is 0 Å². The fourth-order valence-electron chi connectivity index (χ4n) is 2.63. The number of carbonyl (C=O) groups is 3. The molecule has 0 unspecified atom stereocenters. The number of esters is 1. The number of ether oxygens (including phenoxy) is 3. The molecule has 0 bridgehead atoms. The average Bonchev–Trinajstić information content (AvgIpc) is 2.68. The smallest absolute Gasteiger partial charge is 0.408 e. The van der Waals surface area contributed by atoms with Gasteiger partial charge >= 0.3 is 18.2 Å². The highest BCUT2D eigenvalue weighted by Gasteiger charge is 2.26. The van der Waals surface area contributed by atoms with Crippen LogP contribution in [-0.4, -0.2) is 41.9 Å². The van der Waals surface area contributed by atoms with Crippen molar-refractivity contribution < 1.29 is 28.6 Å². The lowest BCUT2D eigenvalue weighted by Crippen LogP contribution is -2.44. The summed E-state index contributed by atoms with van der Waals surface area (Å²) >= 11 is 0. The van der Waals surface area contributed by atoms with Gasteiger partial charge in [-0.05, 0) is 66.4 Å². The Labute approximate surface area is 197 Å². The second kappa shape index (κ2) is 13.5. The van der Waals surface area contributed by atoms with Crippen LogP contribution in [0.25, 0.3) is 0 Å². The van der Waals surface area contributed by atoms with Crippen molar-refractivity contribution in [3.8, 4) is 0 Å². The molecule has 33 heavy (non-hydrogen) atoms. The quantitative estimate of drug-likeness (QED) is 0.222. The second-order valence-corrected chi connectivity index (χ2v) is 9.58. The lowest BCUT2D eigenvalue weighted by Gasteiger charge is -2.24. The summed E-state index contributed by atoms with van der Waals surface area (Å²) in [5.74, 6) is -0.505. The molecule has 0 saturated carbocycles. The van der Waals surface area contributed by atoms with Gasteiger partial charge in [-0.3, -0.25) is 0 Å². The van der Waals surface area contributed by atoms with Gasteiger partial charge in [0.1, 0.15) is 23.9 Å². The van der Waals surface area contributed by atoms with Crippen LogP contribution < -0.4 is 10.6 Å². The standard InChI is InChI=1S/C25H38N2O6/c1-24(2,3)32-21(28)20(27-23(30)31-18-19-14-10-9-11-15-19)16-12-7-8-13-17-26-22(29)33-25(4,5)6/h8-11,13-15,20H,7,12,16-18H2,1-6H3,(H,26,29)(H,27,30)/b13-8+/t20-/m0/s1. The summed E-state index contributed by atoms with van der Waals surface area (Å²) in [5.41, 5.74) is -0.357. The van der Waals surface area contributed by atoms with Crippen molar-refractivity contribution in [3.63, 3.8) is 0 Å². The van der Waals surface area contributed by atoms with Gasteiger partial charge in [-0.2, -0.15) is 0 Å². The zero-order valence-electron chi connectivity index (χ0n) is 20.6. The minimum absolute atomic E-state index is 0.112. The largest absolute Gasteiger partial charge is 0.458 e. The van der Waals surface area contributed by atoms with Crippen molar-refractivity contribution in [1.82, 2.24) is 10.6 Å². The molecule has 2 N–H and O–H groups in total. The Hall–Kier alpha value is -3.03. The molecule has 8 nitrogen and oxygen atoms in total. The summed E-state index contributed by atoms with van der Waals surface area (Å²) in [6, 6.07) is 8.48. The zero-order chi connectivity index (χ0) is 24.9. The van der Waals surface area contributed by atoms with E-state index in [4.69, 9.17) is 14.2 Å². The van der Waals surface area contributed by atoms with Gasteiger partial charge in [0, 0.05) is 6.54 Å². The molecule has 2 amide bonds. The van der Waals surface area contributed by atoms with Crippen LogP contribution in [0.2, 0.25) is 0 Å². The van der Waals surface area contributed by atoms with Gasteiger partial charge in [-0.25, -0.2) is 14.4 Å². The first-order valence-electron chi connectivity index (χ1n) is 11.2. The van der Waals surface area contributed by atoms with Crippen molar-refractivity contribution in [2.75, 3.05) is 6.54 Å². The third kappa shape index (κ3) is 14.6. The maximum Gasteiger partial charge on any atom is 0.408 e. The number of hydrogen-bond acceptors (Lipinski definition) is 6. The minimum atomic E-state index is -0.819. The van der Waals surface area contributed by atoms with E-state index in [0.29, 0.717) is 25.8 Å². The number of alkyl carbamates (subject to hydrolysis) is 2. The van der Waals surface area contributed by atoms with Gasteiger partial charge in [0.2, 0.25) is 0 Å². The summed E-state index contributed by atoms with van der Waals surface area (Å²) in [5, 5.41) is 5.26. The van der Waals surface area contributed by atoms with E-state index < -0.39 is 35.4 Å². The third-order valence-electron chi connectivity index (χ3n) is 3.99. The van der Waals surface area contributed by atoms with Crippen molar-refractivity contribution >= 4 is 18.2 Å². The molecule has 0 saturated heterocycles. The summed E-state index contributed by atoms with van der Waals surface area (Å²) in [7, 11) is 0. The van der Waals surface area contributed by atoms with Gasteiger partial charge in [-0.15, -0.1) is 0 Å². The van der Waals surface area contributed by atoms with Gasteiger partial charge < -0.3 is 24.8 Å². The maximum absolute atomic E-state index is 12.6. The van der Waals surface area contributed by atoms with Crippen LogP contribution in [0.1, 0.15) is 66.4 Å². The van der Waals surface area contributed by atoms with E-state index in [9.17, 15) is 14.4 Å². The lowest BCUT2D eigenvalue weighted by molar-refractivity contribution is -0.157. The molecule has 184 valence electrons. The highest BCUT2D eigenvalue weighted by atomic mass is 16.6. The van der Waals surface area contributed by atoms with Crippen LogP contribution >= 0.6 is 0 Å². The van der Waals surface area contributed by atoms with Crippen LogP contribution in [0, 0.1) is 0 Å². The van der Waals surface area contributed by atoms with Crippen LogP contribution in [0.5, 0.6) is 0 Å². The second-order valence-electron chi connectivity index (χ2n) is 9.58. The number of carbonyl (C=O) groups excluding carboxylic acids is 3. The molecule has 1 atom stereocenters. The maximum atomic E-state index is 12.6. The molecule has 1 aromatic rings. The zero-order valence-corrected chi connectivity index (χ0v) is 20.6. The Balaban J connectivity index is 2.48. The molecule has 8 heteroatoms. The monoisotopic (exact) mass is 462 g/mol. The van der Waals surface area contributed by atoms with E-state index in [1.807, 2.05) is 42.5 Å². The van der Waals surface area contributed by atoms with Crippen LogP contribution in [0.15, 0.2) is 42.5 Å². The average molecular weight is 463 g/mol. The Morgan fingerprint density at radius 3 is 2.15 bits per heavy atom. The van der Waals surface area contributed by atoms with Gasteiger partial charge in [0.25, 0.3) is 0 Å². The fourth-order valence-corrected chi connectivity index (χ4v) is 2.63. The molecule has 0 radical (unpaired) electrons. The van der Waals surface area contributed by atoms with E-state index >= 15 is 0 Å². The van der Waals surface area contributed by atoms with E-state index in [0.717, 1.165) is 5.56 Å². The molecule has 1 aromatic carbocycles. The molecule has 0 heterocycles. The van der Waals surface area contributed by atoms with E-state index in [2.05, 4.69) is 10.6 Å². The number of benzene rings is 1. The Morgan fingerprint density at radius 1 is 0.909 bits per heavy atom. The normalized spacial score (nSPS) is 12.7. The predicted molar refractivity (Wildman–Crippen MR) is 127 cm³/mol. The van der Waals surface area contributed by atoms with Gasteiger partial charge in [0.05, 0.1) is 0 Å². The summed E-state index contributed by atoms with van der Waals surface area (Å²) in [6.07, 6.45) is 4.24. The number of rotatable bonds is 10. The molecule has 0 fully saturated rings. The molecular formula is C25H38N2O6. The van der Waals surface area contributed by atoms with Crippen molar-refractivity contribution in [1.29, 1.82) is 0 Å². The number of nitrogens with one attached hydrogen (secondary N) is 2. The first-order chi connectivity index (χ1) is 15.4. The number of hydrogen-bond donors (Lipinski definition) is 2. The molecule has 0 aliphatic heterocycles. The molecular weight excluding hydrogens is 424 g/mol. The number of amides is 2. The van der Waals surface area contributed by atoms with E-state index in [-0.39, 0.29) is 6.61 Å². The first-order valence-corrected chi connectivity index (χ1v) is 11.2. The fraction of sp³-hybridized carbons (Fsp3) is 0.560. The predicted octanol–water partition coefficient (Wildman–Crippen LogP) is 4.87.